The molecule has 0 atom stereocenters. The number of nitrogens with one attached hydrogen (secondary N) is 1. The molecule has 0 unspecified atom stereocenters. The van der Waals surface area contributed by atoms with E-state index in [4.69, 9.17) is 16.3 Å². The summed E-state index contributed by atoms with van der Waals surface area (Å²) in [6, 6.07) is 5.18. The molecule has 0 fully saturated rings. The zero-order valence-electron chi connectivity index (χ0n) is 11.6. The van der Waals surface area contributed by atoms with Crippen molar-refractivity contribution in [2.24, 2.45) is 0 Å². The molecule has 0 spiro atoms. The first kappa shape index (κ1) is 17.3. The van der Waals surface area contributed by atoms with Crippen molar-refractivity contribution >= 4 is 33.4 Å². The molecule has 1 aromatic rings. The normalized spacial score (nSPS) is 11.2. The highest BCUT2D eigenvalue weighted by atomic mass is 79.9. The van der Waals surface area contributed by atoms with E-state index in [1.54, 1.807) is 18.2 Å². The number of rotatable bonds is 7. The Labute approximate surface area is 132 Å². The van der Waals surface area contributed by atoms with Crippen LogP contribution in [0.5, 0.6) is 5.75 Å². The molecule has 0 saturated heterocycles. The van der Waals surface area contributed by atoms with E-state index < -0.39 is 5.54 Å². The Morgan fingerprint density at radius 2 is 2.10 bits per heavy atom. The fourth-order valence-electron chi connectivity index (χ4n) is 1.76. The first-order valence-electron chi connectivity index (χ1n) is 6.46. The average Bonchev–Trinajstić information content (AvgIpc) is 2.44. The van der Waals surface area contributed by atoms with Crippen LogP contribution in [-0.2, 0) is 4.79 Å². The molecular weight excluding hydrogens is 346 g/mol. The van der Waals surface area contributed by atoms with Crippen molar-refractivity contribution in [1.29, 1.82) is 0 Å². The molecule has 0 aliphatic heterocycles. The molecule has 6 heteroatoms. The van der Waals surface area contributed by atoms with E-state index in [0.29, 0.717) is 23.6 Å². The molecule has 112 valence electrons. The lowest BCUT2D eigenvalue weighted by Gasteiger charge is -2.30. The average molecular weight is 365 g/mol. The van der Waals surface area contributed by atoms with Gasteiger partial charge in [0.15, 0.2) is 6.61 Å². The van der Waals surface area contributed by atoms with E-state index in [-0.39, 0.29) is 19.1 Å². The van der Waals surface area contributed by atoms with E-state index in [1.165, 1.54) is 0 Å². The zero-order chi connectivity index (χ0) is 15.2. The molecule has 1 amide bonds. The Morgan fingerprint density at radius 3 is 2.60 bits per heavy atom. The predicted octanol–water partition coefficient (Wildman–Crippen LogP) is 3.15. The second-order valence-electron chi connectivity index (χ2n) is 4.56. The largest absolute Gasteiger partial charge is 0.482 e. The highest BCUT2D eigenvalue weighted by Crippen LogP contribution is 2.27. The summed E-state index contributed by atoms with van der Waals surface area (Å²) in [5.41, 5.74) is -0.579. The number of hydrogen-bond donors (Lipinski definition) is 2. The monoisotopic (exact) mass is 363 g/mol. The Kier molecular flexibility index (Phi) is 6.79. The summed E-state index contributed by atoms with van der Waals surface area (Å²) in [6.07, 6.45) is 1.32. The number of amides is 1. The van der Waals surface area contributed by atoms with Gasteiger partial charge in [-0.15, -0.1) is 0 Å². The SMILES string of the molecule is CCC(CC)(CO)NC(=O)COc1ccc(Br)cc1Cl. The van der Waals surface area contributed by atoms with Crippen molar-refractivity contribution in [2.75, 3.05) is 13.2 Å². The van der Waals surface area contributed by atoms with Gasteiger partial charge >= 0.3 is 0 Å². The van der Waals surface area contributed by atoms with Crippen LogP contribution >= 0.6 is 27.5 Å². The molecule has 0 aromatic heterocycles. The minimum Gasteiger partial charge on any atom is -0.482 e. The van der Waals surface area contributed by atoms with Crippen LogP contribution in [0.2, 0.25) is 5.02 Å². The van der Waals surface area contributed by atoms with Gasteiger partial charge in [-0.2, -0.15) is 0 Å². The van der Waals surface area contributed by atoms with Gasteiger partial charge in [0.1, 0.15) is 5.75 Å². The number of halogens is 2. The minimum atomic E-state index is -0.579. The molecule has 0 radical (unpaired) electrons. The van der Waals surface area contributed by atoms with Gasteiger partial charge in [-0.05, 0) is 31.0 Å². The summed E-state index contributed by atoms with van der Waals surface area (Å²) in [5.74, 6) is 0.175. The van der Waals surface area contributed by atoms with Crippen LogP contribution in [0.15, 0.2) is 22.7 Å². The van der Waals surface area contributed by atoms with Crippen molar-refractivity contribution in [3.05, 3.63) is 27.7 Å². The summed E-state index contributed by atoms with van der Waals surface area (Å²) < 4.78 is 6.23. The van der Waals surface area contributed by atoms with Crippen LogP contribution in [0.3, 0.4) is 0 Å². The maximum atomic E-state index is 11.9. The number of aliphatic hydroxyl groups is 1. The minimum absolute atomic E-state index is 0.0925. The lowest BCUT2D eigenvalue weighted by molar-refractivity contribution is -0.125. The first-order chi connectivity index (χ1) is 9.46. The summed E-state index contributed by atoms with van der Waals surface area (Å²) in [5, 5.41) is 12.7. The number of hydrogen-bond acceptors (Lipinski definition) is 3. The maximum absolute atomic E-state index is 11.9. The number of ether oxygens (including phenoxy) is 1. The number of carbonyl (C=O) groups is 1. The molecule has 4 nitrogen and oxygen atoms in total. The third kappa shape index (κ3) is 4.65. The van der Waals surface area contributed by atoms with Gasteiger partial charge in [0.25, 0.3) is 5.91 Å². The van der Waals surface area contributed by atoms with Crippen LogP contribution in [-0.4, -0.2) is 29.8 Å². The third-order valence-electron chi connectivity index (χ3n) is 3.31. The quantitative estimate of drug-likeness (QED) is 0.781. The van der Waals surface area contributed by atoms with Crippen molar-refractivity contribution < 1.29 is 14.6 Å². The molecule has 0 heterocycles. The van der Waals surface area contributed by atoms with E-state index in [0.717, 1.165) is 4.47 Å². The molecule has 1 rings (SSSR count). The third-order valence-corrected chi connectivity index (χ3v) is 4.10. The van der Waals surface area contributed by atoms with E-state index in [2.05, 4.69) is 21.2 Å². The first-order valence-corrected chi connectivity index (χ1v) is 7.63. The lowest BCUT2D eigenvalue weighted by atomic mass is 9.94. The fraction of sp³-hybridized carbons (Fsp3) is 0.500. The van der Waals surface area contributed by atoms with Crippen LogP contribution in [0.25, 0.3) is 0 Å². The topological polar surface area (TPSA) is 58.6 Å². The van der Waals surface area contributed by atoms with Crippen molar-refractivity contribution in [2.45, 2.75) is 32.2 Å². The standard InChI is InChI=1S/C14H19BrClNO3/c1-3-14(4-2,9-18)17-13(19)8-20-12-6-5-10(15)7-11(12)16/h5-7,18H,3-4,8-9H2,1-2H3,(H,17,19). The molecule has 0 saturated carbocycles. The molecule has 0 bridgehead atoms. The molecule has 0 aliphatic rings. The number of aliphatic hydroxyl groups excluding tert-OH is 1. The van der Waals surface area contributed by atoms with Crippen molar-refractivity contribution in [1.82, 2.24) is 5.32 Å². The van der Waals surface area contributed by atoms with Gasteiger partial charge in [-0.3, -0.25) is 4.79 Å². The molecule has 0 aliphatic carbocycles. The Hall–Kier alpha value is -0.780. The van der Waals surface area contributed by atoms with Crippen LogP contribution in [0, 0.1) is 0 Å². The lowest BCUT2D eigenvalue weighted by Crippen LogP contribution is -2.51. The van der Waals surface area contributed by atoms with E-state index in [1.807, 2.05) is 13.8 Å². The maximum Gasteiger partial charge on any atom is 0.258 e. The smallest absolute Gasteiger partial charge is 0.258 e. The fourth-order valence-corrected chi connectivity index (χ4v) is 2.49. The van der Waals surface area contributed by atoms with Crippen LogP contribution in [0.4, 0.5) is 0 Å². The number of benzene rings is 1. The zero-order valence-corrected chi connectivity index (χ0v) is 13.9. The van der Waals surface area contributed by atoms with Gasteiger partial charge < -0.3 is 15.2 Å². The predicted molar refractivity (Wildman–Crippen MR) is 83.2 cm³/mol. The second-order valence-corrected chi connectivity index (χ2v) is 5.88. The van der Waals surface area contributed by atoms with E-state index in [9.17, 15) is 9.90 Å². The van der Waals surface area contributed by atoms with E-state index >= 15 is 0 Å². The molecule has 2 N–H and O–H groups in total. The van der Waals surface area contributed by atoms with Gasteiger partial charge in [0.2, 0.25) is 0 Å². The van der Waals surface area contributed by atoms with Gasteiger partial charge in [-0.1, -0.05) is 41.4 Å². The highest BCUT2D eigenvalue weighted by Gasteiger charge is 2.27. The van der Waals surface area contributed by atoms with Gasteiger partial charge in [0.05, 0.1) is 17.2 Å². The molecular formula is C14H19BrClNO3. The summed E-state index contributed by atoms with van der Waals surface area (Å²) >= 11 is 9.30. The Balaban J connectivity index is 2.59. The molecule has 20 heavy (non-hydrogen) atoms. The van der Waals surface area contributed by atoms with Gasteiger partial charge in [0, 0.05) is 4.47 Å². The van der Waals surface area contributed by atoms with Gasteiger partial charge in [-0.25, -0.2) is 0 Å². The van der Waals surface area contributed by atoms with Crippen LogP contribution in [0.1, 0.15) is 26.7 Å². The summed E-state index contributed by atoms with van der Waals surface area (Å²) in [7, 11) is 0. The van der Waals surface area contributed by atoms with Crippen molar-refractivity contribution in [3.63, 3.8) is 0 Å². The number of carbonyl (C=O) groups excluding carboxylic acids is 1. The van der Waals surface area contributed by atoms with Crippen LogP contribution < -0.4 is 10.1 Å². The molecule has 1 aromatic carbocycles. The Morgan fingerprint density at radius 1 is 1.45 bits per heavy atom. The second kappa shape index (κ2) is 7.86. The highest BCUT2D eigenvalue weighted by molar-refractivity contribution is 9.10. The summed E-state index contributed by atoms with van der Waals surface area (Å²) in [4.78, 5) is 11.9. The Bertz CT molecular complexity index is 455. The van der Waals surface area contributed by atoms with Crippen molar-refractivity contribution in [3.8, 4) is 5.75 Å². The summed E-state index contributed by atoms with van der Waals surface area (Å²) in [6.45, 7) is 3.62.